The molecule has 0 aliphatic heterocycles. The smallest absolute Gasteiger partial charge is 0.149 e. The number of aromatic nitrogens is 2. The van der Waals surface area contributed by atoms with Crippen LogP contribution in [0.2, 0.25) is 0 Å². The standard InChI is InChI=1S/C55H42N2O/c1-33(2)44-29-38(36-18-9-6-10-19-36)30-45(34(3)4)53(44)57-51-25-14-13-24-50(51)56-55(57)43-23-15-22-42-49-31-47-40-21-12-11-20-39(40)46-28-37(35-16-7-5-8-17-35)26-27-41(46)48(47)32-52(49)58-54(42)43/h5-34H,1-4H3. The number of hydrogen-bond acceptors (Lipinski definition) is 2. The van der Waals surface area contributed by atoms with Crippen LogP contribution in [0.25, 0.3) is 105 Å². The fraction of sp³-hybridized carbons (Fsp3) is 0.109. The van der Waals surface area contributed by atoms with Gasteiger partial charge in [0.2, 0.25) is 0 Å². The van der Waals surface area contributed by atoms with E-state index >= 15 is 0 Å². The largest absolute Gasteiger partial charge is 0.455 e. The Hall–Kier alpha value is -6.97. The van der Waals surface area contributed by atoms with E-state index in [9.17, 15) is 0 Å². The van der Waals surface area contributed by atoms with E-state index in [1.807, 2.05) is 0 Å². The van der Waals surface area contributed by atoms with Crippen molar-refractivity contribution in [1.82, 2.24) is 9.55 Å². The number of rotatable bonds is 6. The maximum absolute atomic E-state index is 7.07. The van der Waals surface area contributed by atoms with Crippen LogP contribution in [0.1, 0.15) is 50.7 Å². The van der Waals surface area contributed by atoms with Gasteiger partial charge in [-0.1, -0.05) is 149 Å². The summed E-state index contributed by atoms with van der Waals surface area (Å²) in [5, 5.41) is 9.57. The molecule has 2 heterocycles. The van der Waals surface area contributed by atoms with Gasteiger partial charge in [-0.2, -0.15) is 0 Å². The first kappa shape index (κ1) is 34.3. The Balaban J connectivity index is 1.18. The van der Waals surface area contributed by atoms with Crippen LogP contribution in [0, 0.1) is 0 Å². The molecule has 0 saturated carbocycles. The van der Waals surface area contributed by atoms with Crippen LogP contribution in [0.5, 0.6) is 0 Å². The van der Waals surface area contributed by atoms with E-state index in [1.54, 1.807) is 0 Å². The number of para-hydroxylation sites is 3. The van der Waals surface area contributed by atoms with Crippen molar-refractivity contribution in [3.05, 3.63) is 181 Å². The van der Waals surface area contributed by atoms with Crippen LogP contribution < -0.4 is 0 Å². The highest BCUT2D eigenvalue weighted by molar-refractivity contribution is 6.29. The Labute approximate surface area is 337 Å². The molecule has 0 bridgehead atoms. The zero-order valence-corrected chi connectivity index (χ0v) is 33.1. The van der Waals surface area contributed by atoms with E-state index in [4.69, 9.17) is 9.40 Å². The number of benzene rings is 9. The highest BCUT2D eigenvalue weighted by Gasteiger charge is 2.26. The van der Waals surface area contributed by atoms with Crippen LogP contribution in [0.15, 0.2) is 174 Å². The van der Waals surface area contributed by atoms with Crippen molar-refractivity contribution in [2.75, 3.05) is 0 Å². The second kappa shape index (κ2) is 13.3. The van der Waals surface area contributed by atoms with E-state index < -0.39 is 0 Å². The molecule has 0 fully saturated rings. The van der Waals surface area contributed by atoms with Gasteiger partial charge in [-0.25, -0.2) is 4.98 Å². The van der Waals surface area contributed by atoms with Crippen LogP contribution in [-0.2, 0) is 0 Å². The normalized spacial score (nSPS) is 12.1. The van der Waals surface area contributed by atoms with Crippen molar-refractivity contribution in [3.63, 3.8) is 0 Å². The summed E-state index contributed by atoms with van der Waals surface area (Å²) >= 11 is 0. The third-order valence-electron chi connectivity index (χ3n) is 12.1. The number of fused-ring (bicyclic) bond motifs is 10. The first-order valence-electron chi connectivity index (χ1n) is 20.4. The monoisotopic (exact) mass is 746 g/mol. The molecule has 3 heteroatoms. The zero-order valence-electron chi connectivity index (χ0n) is 33.1. The first-order valence-corrected chi connectivity index (χ1v) is 20.4. The minimum absolute atomic E-state index is 0.271. The topological polar surface area (TPSA) is 31.0 Å². The van der Waals surface area contributed by atoms with Gasteiger partial charge in [-0.05, 0) is 126 Å². The average molecular weight is 747 g/mol. The van der Waals surface area contributed by atoms with E-state index in [1.165, 1.54) is 71.4 Å². The van der Waals surface area contributed by atoms with E-state index in [2.05, 4.69) is 202 Å². The molecular formula is C55H42N2O. The molecule has 0 unspecified atom stereocenters. The Morgan fingerprint density at radius 3 is 1.69 bits per heavy atom. The molecular weight excluding hydrogens is 705 g/mol. The highest BCUT2D eigenvalue weighted by Crippen LogP contribution is 2.45. The third-order valence-corrected chi connectivity index (χ3v) is 12.1. The van der Waals surface area contributed by atoms with Gasteiger partial charge in [0.25, 0.3) is 0 Å². The van der Waals surface area contributed by atoms with Crippen molar-refractivity contribution in [2.24, 2.45) is 0 Å². The van der Waals surface area contributed by atoms with Crippen LogP contribution in [-0.4, -0.2) is 9.55 Å². The van der Waals surface area contributed by atoms with Crippen LogP contribution in [0.3, 0.4) is 0 Å². The highest BCUT2D eigenvalue weighted by atomic mass is 16.3. The Kier molecular flexibility index (Phi) is 7.87. The minimum atomic E-state index is 0.271. The van der Waals surface area contributed by atoms with Gasteiger partial charge in [0.05, 0.1) is 22.3 Å². The molecule has 0 aliphatic rings. The van der Waals surface area contributed by atoms with E-state index in [-0.39, 0.29) is 11.8 Å². The number of hydrogen-bond donors (Lipinski definition) is 0. The summed E-state index contributed by atoms with van der Waals surface area (Å²) in [6.45, 7) is 9.21. The SMILES string of the molecule is CC(C)c1cc(-c2ccccc2)cc(C(C)C)c1-n1c(-c2cccc3c2oc2cc4c5ccc(-c6ccccc6)cc5c5ccccc5c4cc23)nc2ccccc21. The predicted octanol–water partition coefficient (Wildman–Crippen LogP) is 15.6. The second-order valence-electron chi connectivity index (χ2n) is 16.3. The molecule has 278 valence electrons. The summed E-state index contributed by atoms with van der Waals surface area (Å²) in [7, 11) is 0. The third kappa shape index (κ3) is 5.30. The van der Waals surface area contributed by atoms with Gasteiger partial charge in [-0.15, -0.1) is 0 Å². The van der Waals surface area contributed by atoms with Crippen molar-refractivity contribution in [3.8, 4) is 39.3 Å². The lowest BCUT2D eigenvalue weighted by Crippen LogP contribution is -2.09. The average Bonchev–Trinajstić information content (AvgIpc) is 3.84. The van der Waals surface area contributed by atoms with E-state index in [0.29, 0.717) is 0 Å². The van der Waals surface area contributed by atoms with Gasteiger partial charge in [0.1, 0.15) is 17.0 Å². The van der Waals surface area contributed by atoms with Gasteiger partial charge in [-0.3, -0.25) is 4.57 Å². The summed E-state index contributed by atoms with van der Waals surface area (Å²) in [5.41, 5.74) is 13.4. The number of furan rings is 1. The Morgan fingerprint density at radius 2 is 1.00 bits per heavy atom. The lowest BCUT2D eigenvalue weighted by Gasteiger charge is -2.24. The van der Waals surface area contributed by atoms with Crippen molar-refractivity contribution >= 4 is 65.3 Å². The van der Waals surface area contributed by atoms with Crippen molar-refractivity contribution in [1.29, 1.82) is 0 Å². The molecule has 3 nitrogen and oxygen atoms in total. The first-order chi connectivity index (χ1) is 28.4. The molecule has 0 atom stereocenters. The van der Waals surface area contributed by atoms with Crippen LogP contribution >= 0.6 is 0 Å². The molecule has 2 aromatic heterocycles. The summed E-state index contributed by atoms with van der Waals surface area (Å²) in [4.78, 5) is 5.43. The molecule has 0 saturated heterocycles. The molecule has 11 rings (SSSR count). The Morgan fingerprint density at radius 1 is 0.431 bits per heavy atom. The van der Waals surface area contributed by atoms with Crippen LogP contribution in [0.4, 0.5) is 0 Å². The lowest BCUT2D eigenvalue weighted by atomic mass is 9.88. The fourth-order valence-electron chi connectivity index (χ4n) is 9.28. The fourth-order valence-corrected chi connectivity index (χ4v) is 9.28. The molecule has 11 aromatic rings. The Bertz CT molecular complexity index is 3360. The minimum Gasteiger partial charge on any atom is -0.455 e. The molecule has 0 spiro atoms. The zero-order chi connectivity index (χ0) is 39.1. The van der Waals surface area contributed by atoms with Gasteiger partial charge in [0, 0.05) is 10.8 Å². The van der Waals surface area contributed by atoms with E-state index in [0.717, 1.165) is 44.4 Å². The number of imidazole rings is 1. The summed E-state index contributed by atoms with van der Waals surface area (Å²) in [5.74, 6) is 1.43. The maximum Gasteiger partial charge on any atom is 0.149 e. The molecule has 0 radical (unpaired) electrons. The molecule has 9 aromatic carbocycles. The van der Waals surface area contributed by atoms with Crippen molar-refractivity contribution < 1.29 is 4.42 Å². The molecule has 0 amide bonds. The van der Waals surface area contributed by atoms with Gasteiger partial charge >= 0.3 is 0 Å². The summed E-state index contributed by atoms with van der Waals surface area (Å²) < 4.78 is 9.48. The molecule has 0 N–H and O–H groups in total. The number of nitrogens with zero attached hydrogens (tertiary/aromatic N) is 2. The van der Waals surface area contributed by atoms with Gasteiger partial charge < -0.3 is 4.42 Å². The van der Waals surface area contributed by atoms with Crippen molar-refractivity contribution in [2.45, 2.75) is 39.5 Å². The van der Waals surface area contributed by atoms with Gasteiger partial charge in [0.15, 0.2) is 0 Å². The quantitative estimate of drug-likeness (QED) is 0.159. The molecule has 0 aliphatic carbocycles. The summed E-state index contributed by atoms with van der Waals surface area (Å²) in [6, 6.07) is 61.6. The predicted molar refractivity (Wildman–Crippen MR) is 245 cm³/mol. The lowest BCUT2D eigenvalue weighted by molar-refractivity contribution is 0.670. The maximum atomic E-state index is 7.07. The molecule has 58 heavy (non-hydrogen) atoms. The summed E-state index contributed by atoms with van der Waals surface area (Å²) in [6.07, 6.45) is 0. The second-order valence-corrected chi connectivity index (χ2v) is 16.3.